The Balaban J connectivity index is 1.98. The number of rotatable bonds is 1. The van der Waals surface area contributed by atoms with Crippen LogP contribution in [0.5, 0.6) is 0 Å². The quantitative estimate of drug-likeness (QED) is 0.674. The normalized spacial score (nSPS) is 15.8. The van der Waals surface area contributed by atoms with Gasteiger partial charge in [-0.3, -0.25) is 9.59 Å². The van der Waals surface area contributed by atoms with E-state index in [4.69, 9.17) is 0 Å². The van der Waals surface area contributed by atoms with Gasteiger partial charge in [0.1, 0.15) is 0 Å². The molecular weight excluding hydrogens is 220 g/mol. The van der Waals surface area contributed by atoms with Gasteiger partial charge in [0.25, 0.3) is 5.91 Å². The fourth-order valence-electron chi connectivity index (χ4n) is 1.80. The number of piperazine rings is 1. The third-order valence-corrected chi connectivity index (χ3v) is 2.80. The van der Waals surface area contributed by atoms with Crippen molar-refractivity contribution in [1.29, 1.82) is 0 Å². The van der Waals surface area contributed by atoms with Gasteiger partial charge in [-0.2, -0.15) is 5.10 Å². The second-order valence-electron chi connectivity index (χ2n) is 3.91. The van der Waals surface area contributed by atoms with Gasteiger partial charge in [-0.1, -0.05) is 0 Å². The summed E-state index contributed by atoms with van der Waals surface area (Å²) in [5.41, 5.74) is 0.351. The number of hydrogen-bond donors (Lipinski definition) is 0. The smallest absolute Gasteiger partial charge is 0.274 e. The molecule has 2 heterocycles. The summed E-state index contributed by atoms with van der Waals surface area (Å²) < 4.78 is 0. The van der Waals surface area contributed by atoms with Crippen molar-refractivity contribution in [3.05, 3.63) is 24.0 Å². The first-order chi connectivity index (χ1) is 8.18. The molecule has 2 amide bonds. The lowest BCUT2D eigenvalue weighted by molar-refractivity contribution is -0.130. The van der Waals surface area contributed by atoms with Crippen LogP contribution >= 0.6 is 0 Å². The number of carbonyl (C=O) groups excluding carboxylic acids is 2. The molecule has 0 saturated carbocycles. The van der Waals surface area contributed by atoms with Gasteiger partial charge in [0.05, 0.1) is 0 Å². The second-order valence-corrected chi connectivity index (χ2v) is 3.91. The Morgan fingerprint density at radius 3 is 2.35 bits per heavy atom. The molecule has 17 heavy (non-hydrogen) atoms. The predicted molar refractivity (Wildman–Crippen MR) is 60.2 cm³/mol. The zero-order valence-corrected chi connectivity index (χ0v) is 9.67. The Bertz CT molecular complexity index is 413. The third-order valence-electron chi connectivity index (χ3n) is 2.80. The minimum absolute atomic E-state index is 0.0524. The van der Waals surface area contributed by atoms with E-state index in [0.717, 1.165) is 0 Å². The lowest BCUT2D eigenvalue weighted by Gasteiger charge is -2.33. The van der Waals surface area contributed by atoms with E-state index in [1.165, 1.54) is 6.20 Å². The fourth-order valence-corrected chi connectivity index (χ4v) is 1.80. The number of aromatic nitrogens is 2. The van der Waals surface area contributed by atoms with E-state index in [9.17, 15) is 9.59 Å². The molecule has 0 N–H and O–H groups in total. The summed E-state index contributed by atoms with van der Waals surface area (Å²) in [6.45, 7) is 3.81. The van der Waals surface area contributed by atoms with Gasteiger partial charge in [0.15, 0.2) is 5.69 Å². The Hall–Kier alpha value is -1.98. The molecule has 0 aromatic carbocycles. The van der Waals surface area contributed by atoms with Gasteiger partial charge < -0.3 is 9.80 Å². The van der Waals surface area contributed by atoms with Gasteiger partial charge in [-0.05, 0) is 12.1 Å². The van der Waals surface area contributed by atoms with E-state index < -0.39 is 0 Å². The van der Waals surface area contributed by atoms with E-state index in [1.54, 1.807) is 28.9 Å². The fraction of sp³-hybridized carbons (Fsp3) is 0.455. The molecule has 0 unspecified atom stereocenters. The molecule has 0 spiro atoms. The number of carbonyl (C=O) groups is 2. The van der Waals surface area contributed by atoms with Crippen LogP contribution in [0.2, 0.25) is 0 Å². The predicted octanol–water partition coefficient (Wildman–Crippen LogP) is -0.219. The molecular formula is C11H14N4O2. The van der Waals surface area contributed by atoms with Crippen molar-refractivity contribution >= 4 is 11.8 Å². The second kappa shape index (κ2) is 4.90. The highest BCUT2D eigenvalue weighted by Crippen LogP contribution is 2.06. The zero-order valence-electron chi connectivity index (χ0n) is 9.67. The summed E-state index contributed by atoms with van der Waals surface area (Å²) in [4.78, 5) is 26.6. The minimum atomic E-state index is -0.124. The summed E-state index contributed by atoms with van der Waals surface area (Å²) in [6.07, 6.45) is 1.53. The summed E-state index contributed by atoms with van der Waals surface area (Å²) in [5, 5.41) is 7.47. The van der Waals surface area contributed by atoms with E-state index >= 15 is 0 Å². The average Bonchev–Trinajstić information content (AvgIpc) is 2.39. The van der Waals surface area contributed by atoms with Crippen LogP contribution in [-0.2, 0) is 4.79 Å². The first-order valence-corrected chi connectivity index (χ1v) is 5.51. The van der Waals surface area contributed by atoms with Crippen LogP contribution in [0.15, 0.2) is 18.3 Å². The molecule has 0 aliphatic carbocycles. The van der Waals surface area contributed by atoms with E-state index in [2.05, 4.69) is 10.2 Å². The number of nitrogens with zero attached hydrogens (tertiary/aromatic N) is 4. The molecule has 1 aliphatic heterocycles. The molecule has 90 valence electrons. The maximum Gasteiger partial charge on any atom is 0.274 e. The van der Waals surface area contributed by atoms with Crippen molar-refractivity contribution in [2.75, 3.05) is 26.2 Å². The summed E-state index contributed by atoms with van der Waals surface area (Å²) in [5.74, 6) is -0.0714. The molecule has 2 rings (SSSR count). The van der Waals surface area contributed by atoms with Crippen LogP contribution in [0.1, 0.15) is 17.4 Å². The molecule has 6 heteroatoms. The number of amides is 2. The highest BCUT2D eigenvalue weighted by molar-refractivity contribution is 5.92. The van der Waals surface area contributed by atoms with E-state index in [-0.39, 0.29) is 11.8 Å². The van der Waals surface area contributed by atoms with Gasteiger partial charge >= 0.3 is 0 Å². The highest BCUT2D eigenvalue weighted by atomic mass is 16.2. The van der Waals surface area contributed by atoms with Crippen molar-refractivity contribution in [2.24, 2.45) is 0 Å². The average molecular weight is 234 g/mol. The van der Waals surface area contributed by atoms with Crippen LogP contribution in [0.4, 0.5) is 0 Å². The monoisotopic (exact) mass is 234 g/mol. The van der Waals surface area contributed by atoms with Gasteiger partial charge in [0, 0.05) is 39.3 Å². The first kappa shape index (κ1) is 11.5. The lowest BCUT2D eigenvalue weighted by atomic mass is 10.2. The maximum atomic E-state index is 12.0. The Morgan fingerprint density at radius 1 is 1.18 bits per heavy atom. The molecule has 6 nitrogen and oxygen atoms in total. The van der Waals surface area contributed by atoms with Gasteiger partial charge in [0.2, 0.25) is 5.91 Å². The Kier molecular flexibility index (Phi) is 3.32. The Morgan fingerprint density at radius 2 is 1.82 bits per heavy atom. The standard InChI is InChI=1S/C11H14N4O2/c1-9(16)14-5-7-15(8-6-14)11(17)10-3-2-4-12-13-10/h2-4H,5-8H2,1H3. The van der Waals surface area contributed by atoms with Crippen molar-refractivity contribution < 1.29 is 9.59 Å². The van der Waals surface area contributed by atoms with Crippen LogP contribution in [0, 0.1) is 0 Å². The summed E-state index contributed by atoms with van der Waals surface area (Å²) >= 11 is 0. The van der Waals surface area contributed by atoms with E-state index in [0.29, 0.717) is 31.9 Å². The zero-order chi connectivity index (χ0) is 12.3. The third kappa shape index (κ3) is 2.58. The molecule has 1 aromatic rings. The van der Waals surface area contributed by atoms with Crippen molar-refractivity contribution in [3.8, 4) is 0 Å². The minimum Gasteiger partial charge on any atom is -0.339 e. The lowest BCUT2D eigenvalue weighted by Crippen LogP contribution is -2.50. The summed E-state index contributed by atoms with van der Waals surface area (Å²) in [6, 6.07) is 3.33. The van der Waals surface area contributed by atoms with Crippen LogP contribution in [-0.4, -0.2) is 58.0 Å². The molecule has 1 fully saturated rings. The molecule has 1 aromatic heterocycles. The molecule has 0 atom stereocenters. The van der Waals surface area contributed by atoms with E-state index in [1.807, 2.05) is 0 Å². The molecule has 0 radical (unpaired) electrons. The summed E-state index contributed by atoms with van der Waals surface area (Å²) in [7, 11) is 0. The van der Waals surface area contributed by atoms with Crippen LogP contribution in [0.3, 0.4) is 0 Å². The van der Waals surface area contributed by atoms with Crippen LogP contribution in [0.25, 0.3) is 0 Å². The molecule has 0 bridgehead atoms. The Labute approximate surface area is 99.2 Å². The largest absolute Gasteiger partial charge is 0.339 e. The van der Waals surface area contributed by atoms with Crippen LogP contribution < -0.4 is 0 Å². The van der Waals surface area contributed by atoms with Gasteiger partial charge in [-0.15, -0.1) is 5.10 Å². The highest BCUT2D eigenvalue weighted by Gasteiger charge is 2.23. The van der Waals surface area contributed by atoms with Gasteiger partial charge in [-0.25, -0.2) is 0 Å². The SMILES string of the molecule is CC(=O)N1CCN(C(=O)c2cccnn2)CC1. The van der Waals surface area contributed by atoms with Crippen molar-refractivity contribution in [3.63, 3.8) is 0 Å². The van der Waals surface area contributed by atoms with Crippen molar-refractivity contribution in [1.82, 2.24) is 20.0 Å². The maximum absolute atomic E-state index is 12.0. The first-order valence-electron chi connectivity index (χ1n) is 5.51. The number of hydrogen-bond acceptors (Lipinski definition) is 4. The molecule has 1 aliphatic rings. The molecule has 1 saturated heterocycles. The van der Waals surface area contributed by atoms with Crippen molar-refractivity contribution in [2.45, 2.75) is 6.92 Å². The topological polar surface area (TPSA) is 66.4 Å².